The van der Waals surface area contributed by atoms with Gasteiger partial charge in [-0.3, -0.25) is 4.68 Å². The molecule has 1 aromatic carbocycles. The van der Waals surface area contributed by atoms with Gasteiger partial charge >= 0.3 is 0 Å². The Morgan fingerprint density at radius 1 is 1.21 bits per heavy atom. The Bertz CT molecular complexity index is 573. The second kappa shape index (κ2) is 4.93. The largest absolute Gasteiger partial charge is 0.507 e. The summed E-state index contributed by atoms with van der Waals surface area (Å²) in [5.74, 6) is 0.294. The van der Waals surface area contributed by atoms with Crippen LogP contribution in [0.1, 0.15) is 0 Å². The van der Waals surface area contributed by atoms with Gasteiger partial charge in [0.05, 0.1) is 17.6 Å². The average molecular weight is 258 g/mol. The van der Waals surface area contributed by atoms with Gasteiger partial charge in [-0.1, -0.05) is 12.1 Å². The van der Waals surface area contributed by atoms with Crippen molar-refractivity contribution >= 4 is 5.69 Å². The summed E-state index contributed by atoms with van der Waals surface area (Å²) in [7, 11) is 1.91. The molecule has 2 N–H and O–H groups in total. The smallest absolute Gasteiger partial charge is 0.125 e. The molecule has 1 fully saturated rings. The van der Waals surface area contributed by atoms with Crippen LogP contribution in [0.4, 0.5) is 5.69 Å². The van der Waals surface area contributed by atoms with Gasteiger partial charge in [-0.25, -0.2) is 0 Å². The Kier molecular flexibility index (Phi) is 3.13. The topological polar surface area (TPSA) is 53.3 Å². The average Bonchev–Trinajstić information content (AvgIpc) is 2.82. The van der Waals surface area contributed by atoms with E-state index in [0.29, 0.717) is 5.75 Å². The van der Waals surface area contributed by atoms with Crippen LogP contribution in [0.15, 0.2) is 30.5 Å². The van der Waals surface area contributed by atoms with Crippen molar-refractivity contribution < 1.29 is 5.11 Å². The first kappa shape index (κ1) is 12.0. The molecule has 1 saturated heterocycles. The number of hydrogen-bond donors (Lipinski definition) is 2. The van der Waals surface area contributed by atoms with Gasteiger partial charge < -0.3 is 15.3 Å². The molecule has 5 nitrogen and oxygen atoms in total. The minimum absolute atomic E-state index is 0.294. The van der Waals surface area contributed by atoms with Gasteiger partial charge in [0.1, 0.15) is 5.75 Å². The molecule has 1 aliphatic rings. The Morgan fingerprint density at radius 3 is 2.68 bits per heavy atom. The van der Waals surface area contributed by atoms with E-state index in [-0.39, 0.29) is 0 Å². The zero-order valence-corrected chi connectivity index (χ0v) is 11.0. The fourth-order valence-electron chi connectivity index (χ4n) is 2.55. The summed E-state index contributed by atoms with van der Waals surface area (Å²) in [5.41, 5.74) is 2.89. The summed E-state index contributed by atoms with van der Waals surface area (Å²) in [5, 5.41) is 17.8. The third-order valence-corrected chi connectivity index (χ3v) is 3.54. The van der Waals surface area contributed by atoms with Crippen LogP contribution in [-0.2, 0) is 7.05 Å². The Hall–Kier alpha value is -2.01. The van der Waals surface area contributed by atoms with Crippen molar-refractivity contribution in [1.29, 1.82) is 0 Å². The molecule has 0 amide bonds. The van der Waals surface area contributed by atoms with Gasteiger partial charge in [-0.05, 0) is 12.1 Å². The molecule has 0 unspecified atom stereocenters. The first-order valence-electron chi connectivity index (χ1n) is 6.53. The van der Waals surface area contributed by atoms with Gasteiger partial charge in [-0.2, -0.15) is 5.10 Å². The van der Waals surface area contributed by atoms with E-state index < -0.39 is 0 Å². The summed E-state index contributed by atoms with van der Waals surface area (Å²) in [6.07, 6.45) is 1.88. The van der Waals surface area contributed by atoms with Crippen LogP contribution in [0.5, 0.6) is 5.75 Å². The highest BCUT2D eigenvalue weighted by atomic mass is 16.3. The van der Waals surface area contributed by atoms with Crippen molar-refractivity contribution in [3.05, 3.63) is 30.5 Å². The molecule has 19 heavy (non-hydrogen) atoms. The number of benzene rings is 1. The Labute approximate surface area is 112 Å². The third kappa shape index (κ3) is 2.17. The van der Waals surface area contributed by atoms with Crippen LogP contribution in [0, 0.1) is 0 Å². The molecule has 100 valence electrons. The molecule has 2 aromatic rings. The van der Waals surface area contributed by atoms with Crippen LogP contribution in [-0.4, -0.2) is 41.1 Å². The standard InChI is InChI=1S/C14H18N4O/c1-17-14(11-4-2-3-5-13(11)19)12(10-16-17)18-8-6-15-7-9-18/h2-5,10,15,19H,6-9H2,1H3. The normalized spacial score (nSPS) is 15.7. The first-order chi connectivity index (χ1) is 9.27. The highest BCUT2D eigenvalue weighted by Gasteiger charge is 2.20. The Morgan fingerprint density at radius 2 is 1.95 bits per heavy atom. The molecule has 1 aromatic heterocycles. The van der Waals surface area contributed by atoms with E-state index in [1.807, 2.05) is 36.1 Å². The molecule has 0 bridgehead atoms. The highest BCUT2D eigenvalue weighted by molar-refractivity contribution is 5.79. The molecule has 0 spiro atoms. The van der Waals surface area contributed by atoms with Crippen molar-refractivity contribution in [3.8, 4) is 17.0 Å². The number of aromatic hydroxyl groups is 1. The summed E-state index contributed by atoms with van der Waals surface area (Å²) in [4.78, 5) is 2.31. The number of aromatic nitrogens is 2. The van der Waals surface area contributed by atoms with Crippen LogP contribution in [0.25, 0.3) is 11.3 Å². The number of piperazine rings is 1. The van der Waals surface area contributed by atoms with E-state index in [4.69, 9.17) is 0 Å². The second-order valence-electron chi connectivity index (χ2n) is 4.76. The van der Waals surface area contributed by atoms with Crippen molar-refractivity contribution in [2.24, 2.45) is 7.05 Å². The SMILES string of the molecule is Cn1ncc(N2CCNCC2)c1-c1ccccc1O. The number of rotatable bonds is 2. The van der Waals surface area contributed by atoms with E-state index in [9.17, 15) is 5.11 Å². The van der Waals surface area contributed by atoms with Gasteiger partial charge in [-0.15, -0.1) is 0 Å². The maximum atomic E-state index is 10.1. The van der Waals surface area contributed by atoms with Crippen LogP contribution in [0.2, 0.25) is 0 Å². The molecular weight excluding hydrogens is 240 g/mol. The lowest BCUT2D eigenvalue weighted by Gasteiger charge is -2.29. The van der Waals surface area contributed by atoms with E-state index in [1.54, 1.807) is 6.07 Å². The first-order valence-corrected chi connectivity index (χ1v) is 6.53. The van der Waals surface area contributed by atoms with Crippen LogP contribution < -0.4 is 10.2 Å². The number of hydrogen-bond acceptors (Lipinski definition) is 4. The van der Waals surface area contributed by atoms with Crippen LogP contribution in [0.3, 0.4) is 0 Å². The quantitative estimate of drug-likeness (QED) is 0.850. The van der Waals surface area contributed by atoms with Gasteiger partial charge in [0, 0.05) is 38.8 Å². The predicted octanol–water partition coefficient (Wildman–Crippen LogP) is 1.20. The van der Waals surface area contributed by atoms with Crippen molar-refractivity contribution in [1.82, 2.24) is 15.1 Å². The molecule has 0 saturated carbocycles. The lowest BCUT2D eigenvalue weighted by atomic mass is 10.1. The molecule has 3 rings (SSSR count). The fourth-order valence-corrected chi connectivity index (χ4v) is 2.55. The molecule has 5 heteroatoms. The molecule has 1 aliphatic heterocycles. The summed E-state index contributed by atoms with van der Waals surface area (Å²) >= 11 is 0. The maximum Gasteiger partial charge on any atom is 0.125 e. The third-order valence-electron chi connectivity index (χ3n) is 3.54. The van der Waals surface area contributed by atoms with Crippen molar-refractivity contribution in [2.45, 2.75) is 0 Å². The summed E-state index contributed by atoms with van der Waals surface area (Å²) in [6.45, 7) is 3.89. The number of phenols is 1. The molecule has 0 radical (unpaired) electrons. The van der Waals surface area contributed by atoms with E-state index in [1.165, 1.54) is 0 Å². The van der Waals surface area contributed by atoms with Gasteiger partial charge in [0.25, 0.3) is 0 Å². The van der Waals surface area contributed by atoms with Gasteiger partial charge in [0.15, 0.2) is 0 Å². The van der Waals surface area contributed by atoms with Gasteiger partial charge in [0.2, 0.25) is 0 Å². The minimum Gasteiger partial charge on any atom is -0.507 e. The molecule has 2 heterocycles. The van der Waals surface area contributed by atoms with Crippen LogP contribution >= 0.6 is 0 Å². The van der Waals surface area contributed by atoms with Crippen molar-refractivity contribution in [3.63, 3.8) is 0 Å². The number of nitrogens with zero attached hydrogens (tertiary/aromatic N) is 3. The monoisotopic (exact) mass is 258 g/mol. The lowest BCUT2D eigenvalue weighted by molar-refractivity contribution is 0.476. The lowest BCUT2D eigenvalue weighted by Crippen LogP contribution is -2.43. The number of aryl methyl sites for hydroxylation is 1. The summed E-state index contributed by atoms with van der Waals surface area (Å²) < 4.78 is 1.83. The van der Waals surface area contributed by atoms with E-state index in [0.717, 1.165) is 43.1 Å². The van der Waals surface area contributed by atoms with E-state index >= 15 is 0 Å². The molecule has 0 atom stereocenters. The Balaban J connectivity index is 2.06. The molecular formula is C14H18N4O. The predicted molar refractivity (Wildman–Crippen MR) is 75.4 cm³/mol. The fraction of sp³-hybridized carbons (Fsp3) is 0.357. The number of anilines is 1. The number of para-hydroxylation sites is 1. The van der Waals surface area contributed by atoms with E-state index in [2.05, 4.69) is 15.3 Å². The highest BCUT2D eigenvalue weighted by Crippen LogP contribution is 2.35. The summed E-state index contributed by atoms with van der Waals surface area (Å²) in [6, 6.07) is 7.41. The van der Waals surface area contributed by atoms with Crippen molar-refractivity contribution in [2.75, 3.05) is 31.1 Å². The minimum atomic E-state index is 0.294. The molecule has 0 aliphatic carbocycles. The zero-order valence-electron chi connectivity index (χ0n) is 11.0. The zero-order chi connectivity index (χ0) is 13.2. The maximum absolute atomic E-state index is 10.1. The second-order valence-corrected chi connectivity index (χ2v) is 4.76. The number of nitrogens with one attached hydrogen (secondary N) is 1. The number of phenolic OH excluding ortho intramolecular Hbond substituents is 1.